The molecule has 2 aromatic rings. The Labute approximate surface area is 93.5 Å². The lowest BCUT2D eigenvalue weighted by Gasteiger charge is -2.01. The molecule has 0 aliphatic heterocycles. The molecule has 2 nitrogen and oxygen atoms in total. The Morgan fingerprint density at radius 1 is 1.13 bits per heavy atom. The zero-order valence-electron chi connectivity index (χ0n) is 8.47. The minimum Gasteiger partial charge on any atom is -0.399 e. The predicted octanol–water partition coefficient (Wildman–Crippen LogP) is 3.12. The van der Waals surface area contributed by atoms with Crippen molar-refractivity contribution in [2.24, 2.45) is 0 Å². The molecule has 0 aliphatic rings. The highest BCUT2D eigenvalue weighted by Gasteiger charge is 1.98. The molecule has 76 valence electrons. The number of aromatic nitrogens is 1. The van der Waals surface area contributed by atoms with Gasteiger partial charge < -0.3 is 5.73 Å². The summed E-state index contributed by atoms with van der Waals surface area (Å²) in [6.45, 7) is 2.08. The molecule has 0 bridgehead atoms. The highest BCUT2D eigenvalue weighted by Crippen LogP contribution is 2.26. The van der Waals surface area contributed by atoms with Gasteiger partial charge in [0.25, 0.3) is 0 Å². The molecule has 0 amide bonds. The van der Waals surface area contributed by atoms with Gasteiger partial charge in [-0.3, -0.25) is 0 Å². The Morgan fingerprint density at radius 2 is 1.87 bits per heavy atom. The molecule has 0 saturated carbocycles. The average molecular weight is 216 g/mol. The average Bonchev–Trinajstić information content (AvgIpc) is 2.22. The first-order valence-corrected chi connectivity index (χ1v) is 5.52. The minimum atomic E-state index is 0.750. The smallest absolute Gasteiger partial charge is 0.103 e. The maximum Gasteiger partial charge on any atom is 0.103 e. The molecule has 0 unspecified atom stereocenters. The fourth-order valence-corrected chi connectivity index (χ4v) is 2.03. The molecule has 1 aromatic carbocycles. The Hall–Kier alpha value is -1.48. The van der Waals surface area contributed by atoms with Gasteiger partial charge in [0.05, 0.1) is 0 Å². The highest BCUT2D eigenvalue weighted by molar-refractivity contribution is 7.99. The summed E-state index contributed by atoms with van der Waals surface area (Å²) >= 11 is 1.62. The summed E-state index contributed by atoms with van der Waals surface area (Å²) in [6.07, 6.45) is 1.73. The second-order valence-corrected chi connectivity index (χ2v) is 4.44. The van der Waals surface area contributed by atoms with Gasteiger partial charge in [0.15, 0.2) is 0 Å². The number of pyridine rings is 1. The third-order valence-corrected chi connectivity index (χ3v) is 2.94. The summed E-state index contributed by atoms with van der Waals surface area (Å²) < 4.78 is 0. The van der Waals surface area contributed by atoms with Gasteiger partial charge in [0.1, 0.15) is 5.03 Å². The monoisotopic (exact) mass is 216 g/mol. The lowest BCUT2D eigenvalue weighted by molar-refractivity contribution is 1.13. The van der Waals surface area contributed by atoms with Gasteiger partial charge in [-0.25, -0.2) is 4.98 Å². The van der Waals surface area contributed by atoms with Crippen molar-refractivity contribution in [2.75, 3.05) is 5.73 Å². The van der Waals surface area contributed by atoms with E-state index in [0.717, 1.165) is 10.7 Å². The number of hydrogen-bond acceptors (Lipinski definition) is 3. The molecular weight excluding hydrogens is 204 g/mol. The maximum atomic E-state index is 5.68. The zero-order valence-corrected chi connectivity index (χ0v) is 9.29. The maximum absolute atomic E-state index is 5.68. The van der Waals surface area contributed by atoms with Crippen molar-refractivity contribution in [1.82, 2.24) is 4.98 Å². The number of benzene rings is 1. The van der Waals surface area contributed by atoms with Crippen LogP contribution in [0.3, 0.4) is 0 Å². The molecule has 0 saturated heterocycles. The van der Waals surface area contributed by atoms with Crippen LogP contribution in [0.4, 0.5) is 5.69 Å². The lowest BCUT2D eigenvalue weighted by Crippen LogP contribution is -1.86. The van der Waals surface area contributed by atoms with Crippen LogP contribution in [-0.2, 0) is 0 Å². The van der Waals surface area contributed by atoms with Gasteiger partial charge in [-0.15, -0.1) is 0 Å². The third-order valence-electron chi connectivity index (χ3n) is 2.00. The van der Waals surface area contributed by atoms with E-state index in [1.807, 2.05) is 6.07 Å². The second kappa shape index (κ2) is 4.36. The number of nitrogen functional groups attached to an aromatic ring is 1. The van der Waals surface area contributed by atoms with E-state index in [1.54, 1.807) is 24.0 Å². The Balaban J connectivity index is 2.18. The zero-order chi connectivity index (χ0) is 10.7. The molecule has 2 N–H and O–H groups in total. The van der Waals surface area contributed by atoms with Crippen molar-refractivity contribution in [3.63, 3.8) is 0 Å². The summed E-state index contributed by atoms with van der Waals surface area (Å²) in [4.78, 5) is 5.42. The van der Waals surface area contributed by atoms with Crippen molar-refractivity contribution in [1.29, 1.82) is 0 Å². The number of anilines is 1. The van der Waals surface area contributed by atoms with E-state index < -0.39 is 0 Å². The van der Waals surface area contributed by atoms with Crippen LogP contribution >= 0.6 is 11.8 Å². The second-order valence-electron chi connectivity index (χ2n) is 3.34. The van der Waals surface area contributed by atoms with Crippen LogP contribution in [0.15, 0.2) is 52.5 Å². The van der Waals surface area contributed by atoms with Gasteiger partial charge >= 0.3 is 0 Å². The van der Waals surface area contributed by atoms with E-state index >= 15 is 0 Å². The van der Waals surface area contributed by atoms with Crippen LogP contribution in [0.1, 0.15) is 5.56 Å². The first-order chi connectivity index (χ1) is 7.24. The third kappa shape index (κ3) is 2.73. The quantitative estimate of drug-likeness (QED) is 0.838. The molecule has 0 atom stereocenters. The van der Waals surface area contributed by atoms with E-state index in [9.17, 15) is 0 Å². The van der Waals surface area contributed by atoms with E-state index in [0.29, 0.717) is 0 Å². The summed E-state index contributed by atoms with van der Waals surface area (Å²) in [5.41, 5.74) is 7.70. The van der Waals surface area contributed by atoms with Gasteiger partial charge in [-0.2, -0.15) is 0 Å². The largest absolute Gasteiger partial charge is 0.399 e. The fourth-order valence-electron chi connectivity index (χ4n) is 1.21. The molecule has 3 heteroatoms. The van der Waals surface area contributed by atoms with Gasteiger partial charge in [-0.1, -0.05) is 29.5 Å². The van der Waals surface area contributed by atoms with E-state index in [-0.39, 0.29) is 0 Å². The number of hydrogen-bond donors (Lipinski definition) is 1. The van der Waals surface area contributed by atoms with Crippen LogP contribution in [0.5, 0.6) is 0 Å². The molecule has 0 spiro atoms. The van der Waals surface area contributed by atoms with Crippen LogP contribution in [0.2, 0.25) is 0 Å². The SMILES string of the molecule is Cc1ccc(Sc2cc(N)ccn2)cc1. The molecule has 2 rings (SSSR count). The molecule has 0 radical (unpaired) electrons. The molecular formula is C12H12N2S. The van der Waals surface area contributed by atoms with E-state index in [2.05, 4.69) is 36.2 Å². The minimum absolute atomic E-state index is 0.750. The number of rotatable bonds is 2. The summed E-state index contributed by atoms with van der Waals surface area (Å²) in [5.74, 6) is 0. The standard InChI is InChI=1S/C12H12N2S/c1-9-2-4-11(5-3-9)15-12-8-10(13)6-7-14-12/h2-8H,1H3,(H2,13,14). The van der Waals surface area contributed by atoms with Crippen molar-refractivity contribution in [3.8, 4) is 0 Å². The lowest BCUT2D eigenvalue weighted by atomic mass is 10.2. The first-order valence-electron chi connectivity index (χ1n) is 4.70. The Morgan fingerprint density at radius 3 is 2.53 bits per heavy atom. The first kappa shape index (κ1) is 10.1. The van der Waals surface area contributed by atoms with Crippen molar-refractivity contribution >= 4 is 17.4 Å². The van der Waals surface area contributed by atoms with Crippen molar-refractivity contribution < 1.29 is 0 Å². The summed E-state index contributed by atoms with van der Waals surface area (Å²) in [5, 5.41) is 0.929. The van der Waals surface area contributed by atoms with Crippen LogP contribution in [-0.4, -0.2) is 4.98 Å². The van der Waals surface area contributed by atoms with Gasteiger partial charge in [-0.05, 0) is 31.2 Å². The molecule has 1 aromatic heterocycles. The molecule has 0 fully saturated rings. The van der Waals surface area contributed by atoms with Crippen LogP contribution in [0.25, 0.3) is 0 Å². The van der Waals surface area contributed by atoms with Gasteiger partial charge in [0.2, 0.25) is 0 Å². The molecule has 1 heterocycles. The number of nitrogens with zero attached hydrogens (tertiary/aromatic N) is 1. The van der Waals surface area contributed by atoms with Crippen molar-refractivity contribution in [3.05, 3.63) is 48.2 Å². The topological polar surface area (TPSA) is 38.9 Å². The fraction of sp³-hybridized carbons (Fsp3) is 0.0833. The summed E-state index contributed by atoms with van der Waals surface area (Å²) in [7, 11) is 0. The molecule has 15 heavy (non-hydrogen) atoms. The Bertz CT molecular complexity index is 451. The van der Waals surface area contributed by atoms with Crippen LogP contribution in [0, 0.1) is 6.92 Å². The van der Waals surface area contributed by atoms with Crippen LogP contribution < -0.4 is 5.73 Å². The Kier molecular flexibility index (Phi) is 2.92. The highest BCUT2D eigenvalue weighted by atomic mass is 32.2. The normalized spacial score (nSPS) is 10.2. The molecule has 0 aliphatic carbocycles. The van der Waals surface area contributed by atoms with E-state index in [1.165, 1.54) is 10.5 Å². The number of aryl methyl sites for hydroxylation is 1. The van der Waals surface area contributed by atoms with E-state index in [4.69, 9.17) is 5.73 Å². The predicted molar refractivity (Wildman–Crippen MR) is 64.0 cm³/mol. The summed E-state index contributed by atoms with van der Waals surface area (Å²) in [6, 6.07) is 12.0. The van der Waals surface area contributed by atoms with Gasteiger partial charge in [0, 0.05) is 16.8 Å². The van der Waals surface area contributed by atoms with Crippen molar-refractivity contribution in [2.45, 2.75) is 16.8 Å². The number of nitrogens with two attached hydrogens (primary N) is 1.